The Hall–Kier alpha value is -0.810. The number of anilines is 2. The number of hydrogen-bond donors (Lipinski definition) is 2. The van der Waals surface area contributed by atoms with Gasteiger partial charge in [0.1, 0.15) is 5.82 Å². The third-order valence-corrected chi connectivity index (χ3v) is 3.91. The maximum absolute atomic E-state index is 5.78. The highest BCUT2D eigenvalue weighted by Crippen LogP contribution is 2.27. The van der Waals surface area contributed by atoms with Crippen LogP contribution in [0.3, 0.4) is 0 Å². The van der Waals surface area contributed by atoms with Crippen LogP contribution in [0.15, 0.2) is 10.7 Å². The van der Waals surface area contributed by atoms with Gasteiger partial charge in [-0.1, -0.05) is 0 Å². The third-order valence-electron chi connectivity index (χ3n) is 2.94. The molecule has 0 aliphatic carbocycles. The highest BCUT2D eigenvalue weighted by Gasteiger charge is 2.07. The lowest BCUT2D eigenvalue weighted by Gasteiger charge is -2.21. The number of nitrogens with one attached hydrogen (secondary N) is 1. The highest BCUT2D eigenvalue weighted by molar-refractivity contribution is 9.10. The molecule has 3 N–H and O–H groups in total. The Morgan fingerprint density at radius 1 is 1.53 bits per heavy atom. The predicted octanol–water partition coefficient (Wildman–Crippen LogP) is 2.49. The van der Waals surface area contributed by atoms with Gasteiger partial charge in [-0.05, 0) is 49.3 Å². The summed E-state index contributed by atoms with van der Waals surface area (Å²) in [7, 11) is 2.11. The number of hydrogen-bond acceptors (Lipinski definition) is 4. The molecule has 5 heteroatoms. The molecule has 1 aromatic rings. The molecule has 0 atom stereocenters. The third kappa shape index (κ3) is 3.85. The molecule has 0 amide bonds. The summed E-state index contributed by atoms with van der Waals surface area (Å²) in [5.41, 5.74) is 7.52. The number of rotatable bonds is 5. The second-order valence-corrected chi connectivity index (χ2v) is 5.30. The van der Waals surface area contributed by atoms with Crippen molar-refractivity contribution in [3.05, 3.63) is 16.2 Å². The molecule has 1 rings (SSSR count). The van der Waals surface area contributed by atoms with E-state index in [2.05, 4.69) is 52.0 Å². The average Bonchev–Trinajstić information content (AvgIpc) is 2.28. The van der Waals surface area contributed by atoms with E-state index in [1.165, 1.54) is 0 Å². The van der Waals surface area contributed by atoms with E-state index in [9.17, 15) is 0 Å². The van der Waals surface area contributed by atoms with Gasteiger partial charge >= 0.3 is 0 Å². The van der Waals surface area contributed by atoms with Crippen LogP contribution in [0.4, 0.5) is 11.5 Å². The van der Waals surface area contributed by atoms with Crippen LogP contribution in [0.1, 0.15) is 19.4 Å². The summed E-state index contributed by atoms with van der Waals surface area (Å²) in [6.45, 7) is 8.19. The first-order valence-corrected chi connectivity index (χ1v) is 6.57. The highest BCUT2D eigenvalue weighted by atomic mass is 79.9. The number of aromatic nitrogens is 1. The SMILES string of the molecule is Cc1c(N)cnc(NCCN(C)C(C)C)c1Br. The molecular formula is C12H21BrN4. The van der Waals surface area contributed by atoms with Crippen molar-refractivity contribution < 1.29 is 0 Å². The summed E-state index contributed by atoms with van der Waals surface area (Å²) in [4.78, 5) is 6.56. The molecule has 0 spiro atoms. The minimum Gasteiger partial charge on any atom is -0.397 e. The van der Waals surface area contributed by atoms with E-state index in [1.54, 1.807) is 6.20 Å². The van der Waals surface area contributed by atoms with Gasteiger partial charge in [-0.3, -0.25) is 0 Å². The van der Waals surface area contributed by atoms with Crippen LogP contribution in [-0.4, -0.2) is 36.1 Å². The van der Waals surface area contributed by atoms with E-state index in [1.807, 2.05) is 6.92 Å². The van der Waals surface area contributed by atoms with Gasteiger partial charge in [0.05, 0.1) is 16.4 Å². The zero-order valence-corrected chi connectivity index (χ0v) is 12.5. The van der Waals surface area contributed by atoms with E-state index < -0.39 is 0 Å². The fraction of sp³-hybridized carbons (Fsp3) is 0.583. The Balaban J connectivity index is 2.56. The summed E-state index contributed by atoms with van der Waals surface area (Å²) in [5, 5.41) is 3.31. The first-order chi connectivity index (χ1) is 7.93. The van der Waals surface area contributed by atoms with Crippen molar-refractivity contribution in [2.45, 2.75) is 26.8 Å². The van der Waals surface area contributed by atoms with E-state index in [-0.39, 0.29) is 0 Å². The van der Waals surface area contributed by atoms with Crippen LogP contribution in [-0.2, 0) is 0 Å². The van der Waals surface area contributed by atoms with Crippen LogP contribution in [0.25, 0.3) is 0 Å². The summed E-state index contributed by atoms with van der Waals surface area (Å²) in [6.07, 6.45) is 1.69. The van der Waals surface area contributed by atoms with Crippen molar-refractivity contribution in [3.8, 4) is 0 Å². The number of nitrogens with zero attached hydrogens (tertiary/aromatic N) is 2. The van der Waals surface area contributed by atoms with Gasteiger partial charge in [0.15, 0.2) is 0 Å². The number of likely N-dealkylation sites (N-methyl/N-ethyl adjacent to an activating group) is 1. The van der Waals surface area contributed by atoms with Crippen LogP contribution >= 0.6 is 15.9 Å². The molecule has 0 aromatic carbocycles. The molecule has 1 aromatic heterocycles. The lowest BCUT2D eigenvalue weighted by atomic mass is 10.2. The summed E-state index contributed by atoms with van der Waals surface area (Å²) < 4.78 is 0.949. The summed E-state index contributed by atoms with van der Waals surface area (Å²) in [5.74, 6) is 0.855. The van der Waals surface area contributed by atoms with Crippen LogP contribution in [0.5, 0.6) is 0 Å². The van der Waals surface area contributed by atoms with E-state index in [4.69, 9.17) is 5.73 Å². The second-order valence-electron chi connectivity index (χ2n) is 4.50. The van der Waals surface area contributed by atoms with Crippen molar-refractivity contribution in [1.82, 2.24) is 9.88 Å². The largest absolute Gasteiger partial charge is 0.397 e. The quantitative estimate of drug-likeness (QED) is 0.877. The first kappa shape index (κ1) is 14.3. The van der Waals surface area contributed by atoms with Gasteiger partial charge < -0.3 is 16.0 Å². The molecular weight excluding hydrogens is 280 g/mol. The summed E-state index contributed by atoms with van der Waals surface area (Å²) in [6, 6.07) is 0.557. The van der Waals surface area contributed by atoms with Crippen molar-refractivity contribution in [2.75, 3.05) is 31.2 Å². The Labute approximate surface area is 112 Å². The molecule has 0 unspecified atom stereocenters. The lowest BCUT2D eigenvalue weighted by molar-refractivity contribution is 0.284. The first-order valence-electron chi connectivity index (χ1n) is 5.78. The van der Waals surface area contributed by atoms with Crippen LogP contribution in [0.2, 0.25) is 0 Å². The standard InChI is InChI=1S/C12H21BrN4/c1-8(2)17(4)6-5-15-12-11(13)9(3)10(14)7-16-12/h7-8H,5-6,14H2,1-4H3,(H,15,16). The molecule has 0 aliphatic heterocycles. The molecule has 0 saturated heterocycles. The smallest absolute Gasteiger partial charge is 0.140 e. The zero-order valence-electron chi connectivity index (χ0n) is 10.9. The number of halogens is 1. The minimum absolute atomic E-state index is 0.557. The number of pyridine rings is 1. The Bertz CT molecular complexity index is 379. The van der Waals surface area contributed by atoms with Gasteiger partial charge in [0.2, 0.25) is 0 Å². The van der Waals surface area contributed by atoms with Crippen molar-refractivity contribution in [2.24, 2.45) is 0 Å². The molecule has 96 valence electrons. The van der Waals surface area contributed by atoms with Crippen molar-refractivity contribution in [3.63, 3.8) is 0 Å². The average molecular weight is 301 g/mol. The molecule has 0 fully saturated rings. The number of nitrogens with two attached hydrogens (primary N) is 1. The van der Waals surface area contributed by atoms with Crippen LogP contribution < -0.4 is 11.1 Å². The number of nitrogen functional groups attached to an aromatic ring is 1. The van der Waals surface area contributed by atoms with Gasteiger partial charge in [-0.2, -0.15) is 0 Å². The molecule has 17 heavy (non-hydrogen) atoms. The zero-order chi connectivity index (χ0) is 13.0. The molecule has 4 nitrogen and oxygen atoms in total. The van der Waals surface area contributed by atoms with Crippen molar-refractivity contribution >= 4 is 27.4 Å². The Kier molecular flexibility index (Phi) is 5.21. The van der Waals surface area contributed by atoms with E-state index in [0.29, 0.717) is 11.7 Å². The van der Waals surface area contributed by atoms with Crippen molar-refractivity contribution in [1.29, 1.82) is 0 Å². The van der Waals surface area contributed by atoms with E-state index in [0.717, 1.165) is 28.9 Å². The Morgan fingerprint density at radius 3 is 2.76 bits per heavy atom. The minimum atomic E-state index is 0.557. The van der Waals surface area contributed by atoms with E-state index >= 15 is 0 Å². The second kappa shape index (κ2) is 6.21. The predicted molar refractivity (Wildman–Crippen MR) is 77.3 cm³/mol. The molecule has 0 aliphatic rings. The van der Waals surface area contributed by atoms with Crippen LogP contribution in [0, 0.1) is 6.92 Å². The van der Waals surface area contributed by atoms with Gasteiger partial charge in [-0.15, -0.1) is 0 Å². The summed E-state index contributed by atoms with van der Waals surface area (Å²) >= 11 is 3.51. The molecule has 1 heterocycles. The molecule has 0 radical (unpaired) electrons. The van der Waals surface area contributed by atoms with Gasteiger partial charge in [0, 0.05) is 19.1 Å². The molecule has 0 bridgehead atoms. The van der Waals surface area contributed by atoms with Gasteiger partial charge in [0.25, 0.3) is 0 Å². The maximum atomic E-state index is 5.78. The lowest BCUT2D eigenvalue weighted by Crippen LogP contribution is -2.31. The Morgan fingerprint density at radius 2 is 2.18 bits per heavy atom. The van der Waals surface area contributed by atoms with Gasteiger partial charge in [-0.25, -0.2) is 4.98 Å². The monoisotopic (exact) mass is 300 g/mol. The topological polar surface area (TPSA) is 54.2 Å². The fourth-order valence-electron chi connectivity index (χ4n) is 1.32. The maximum Gasteiger partial charge on any atom is 0.140 e. The molecule has 0 saturated carbocycles. The fourth-order valence-corrected chi connectivity index (χ4v) is 1.80. The normalized spacial score (nSPS) is 11.2.